The molecule has 1 aliphatic heterocycles. The summed E-state index contributed by atoms with van der Waals surface area (Å²) in [6.45, 7) is 13.6. The SMILES string of the molecule is CC(=O)N[C@@H]1[C@@H](OC(C)CN(C(=O)[C@H](C)N)[C@H](CCC(=O)O)C(N)=O)[C@H](O)[C@@H](COC(=O)CCNC(=O)C=C(C)C=CC=C(C)C=CC2=C(C)CCCC2(C)C)O[C@@H]1O. The van der Waals surface area contributed by atoms with Gasteiger partial charge in [0.25, 0.3) is 0 Å². The molecule has 2 aliphatic rings. The smallest absolute Gasteiger partial charge is 0.307 e. The zero-order chi connectivity index (χ0) is 44.6. The first-order valence-electron chi connectivity index (χ1n) is 19.9. The maximum absolute atomic E-state index is 13.0. The van der Waals surface area contributed by atoms with Crippen LogP contribution >= 0.6 is 0 Å². The van der Waals surface area contributed by atoms with E-state index in [2.05, 4.69) is 43.6 Å². The molecule has 1 aliphatic carbocycles. The Morgan fingerprint density at radius 1 is 1.05 bits per heavy atom. The molecule has 330 valence electrons. The van der Waals surface area contributed by atoms with Crippen molar-refractivity contribution in [2.75, 3.05) is 19.7 Å². The van der Waals surface area contributed by atoms with E-state index >= 15 is 0 Å². The number of primary amides is 1. The molecule has 0 aromatic heterocycles. The summed E-state index contributed by atoms with van der Waals surface area (Å²) >= 11 is 0. The van der Waals surface area contributed by atoms with Gasteiger partial charge in [-0.05, 0) is 76.9 Å². The average molecular weight is 832 g/mol. The van der Waals surface area contributed by atoms with Crippen LogP contribution in [0.4, 0.5) is 0 Å². The fourth-order valence-electron chi connectivity index (χ4n) is 7.03. The molecule has 1 unspecified atom stereocenters. The van der Waals surface area contributed by atoms with Crippen molar-refractivity contribution in [1.82, 2.24) is 15.5 Å². The zero-order valence-corrected chi connectivity index (χ0v) is 35.6. The fraction of sp³-hybridized carbons (Fsp3) is 0.619. The Balaban J connectivity index is 2.00. The van der Waals surface area contributed by atoms with E-state index in [1.54, 1.807) is 13.0 Å². The van der Waals surface area contributed by atoms with Gasteiger partial charge in [0.15, 0.2) is 6.29 Å². The van der Waals surface area contributed by atoms with Gasteiger partial charge >= 0.3 is 11.9 Å². The van der Waals surface area contributed by atoms with Crippen molar-refractivity contribution < 1.29 is 58.3 Å². The van der Waals surface area contributed by atoms with Crippen molar-refractivity contribution in [1.29, 1.82) is 0 Å². The van der Waals surface area contributed by atoms with Gasteiger partial charge in [0.1, 0.15) is 37.0 Å². The lowest BCUT2D eigenvalue weighted by Gasteiger charge is -2.44. The largest absolute Gasteiger partial charge is 0.481 e. The van der Waals surface area contributed by atoms with Gasteiger partial charge < -0.3 is 56.5 Å². The van der Waals surface area contributed by atoms with Crippen molar-refractivity contribution in [2.45, 2.75) is 143 Å². The second-order valence-corrected chi connectivity index (χ2v) is 16.0. The average Bonchev–Trinajstić information content (AvgIpc) is 3.12. The number of carboxylic acids is 1. The van der Waals surface area contributed by atoms with Crippen LogP contribution in [0.25, 0.3) is 0 Å². The Kier molecular flexibility index (Phi) is 20.4. The normalized spacial score (nSPS) is 24.0. The summed E-state index contributed by atoms with van der Waals surface area (Å²) in [5.41, 5.74) is 16.0. The molecule has 0 aromatic rings. The first kappa shape index (κ1) is 50.5. The minimum Gasteiger partial charge on any atom is -0.481 e. The highest BCUT2D eigenvalue weighted by molar-refractivity contribution is 5.89. The van der Waals surface area contributed by atoms with Crippen LogP contribution in [-0.4, -0.2) is 124 Å². The lowest BCUT2D eigenvalue weighted by atomic mass is 9.72. The van der Waals surface area contributed by atoms with E-state index in [-0.39, 0.29) is 31.3 Å². The number of allylic oxidation sites excluding steroid dienone is 9. The molecule has 8 atom stereocenters. The van der Waals surface area contributed by atoms with Crippen LogP contribution in [0.15, 0.2) is 58.7 Å². The Bertz CT molecular complexity index is 1670. The van der Waals surface area contributed by atoms with Gasteiger partial charge in [0.05, 0.1) is 18.6 Å². The molecule has 4 amide bonds. The van der Waals surface area contributed by atoms with Gasteiger partial charge in [-0.2, -0.15) is 0 Å². The van der Waals surface area contributed by atoms with E-state index in [4.69, 9.17) is 30.8 Å². The van der Waals surface area contributed by atoms with Gasteiger partial charge in [0, 0.05) is 32.5 Å². The second kappa shape index (κ2) is 23.8. The number of rotatable bonds is 21. The molecule has 2 rings (SSSR count). The minimum absolute atomic E-state index is 0.0550. The third-order valence-corrected chi connectivity index (χ3v) is 10.1. The number of esters is 1. The predicted octanol–water partition coefficient (Wildman–Crippen LogP) is 1.82. The molecule has 17 heteroatoms. The highest BCUT2D eigenvalue weighted by atomic mass is 16.6. The number of hydrogen-bond acceptors (Lipinski definition) is 12. The number of aliphatic carboxylic acids is 1. The number of amides is 4. The van der Waals surface area contributed by atoms with Gasteiger partial charge in [-0.1, -0.05) is 55.4 Å². The number of carbonyl (C=O) groups is 6. The van der Waals surface area contributed by atoms with Crippen LogP contribution < -0.4 is 22.1 Å². The molecular formula is C42H65N5O12. The second-order valence-electron chi connectivity index (χ2n) is 16.0. The molecular weight excluding hydrogens is 766 g/mol. The van der Waals surface area contributed by atoms with Crippen LogP contribution in [0.2, 0.25) is 0 Å². The minimum atomic E-state index is -1.74. The third kappa shape index (κ3) is 16.8. The highest BCUT2D eigenvalue weighted by Crippen LogP contribution is 2.40. The first-order chi connectivity index (χ1) is 27.5. The number of ether oxygens (including phenoxy) is 3. The summed E-state index contributed by atoms with van der Waals surface area (Å²) in [6, 6.07) is -3.78. The number of nitrogens with two attached hydrogens (primary N) is 2. The molecule has 0 radical (unpaired) electrons. The summed E-state index contributed by atoms with van der Waals surface area (Å²) in [7, 11) is 0. The maximum Gasteiger partial charge on any atom is 0.307 e. The van der Waals surface area contributed by atoms with E-state index in [9.17, 15) is 39.0 Å². The van der Waals surface area contributed by atoms with E-state index < -0.39 is 97.4 Å². The molecule has 0 spiro atoms. The number of aliphatic hydroxyl groups is 2. The molecule has 59 heavy (non-hydrogen) atoms. The summed E-state index contributed by atoms with van der Waals surface area (Å²) in [6.07, 6.45) is 6.70. The fourth-order valence-corrected chi connectivity index (χ4v) is 7.03. The number of carboxylic acid groups (broad SMARTS) is 1. The van der Waals surface area contributed by atoms with Crippen LogP contribution in [0.3, 0.4) is 0 Å². The number of carbonyl (C=O) groups excluding carboxylic acids is 5. The van der Waals surface area contributed by atoms with Crippen molar-refractivity contribution in [3.8, 4) is 0 Å². The third-order valence-electron chi connectivity index (χ3n) is 10.1. The van der Waals surface area contributed by atoms with Crippen LogP contribution in [0, 0.1) is 5.41 Å². The summed E-state index contributed by atoms with van der Waals surface area (Å²) in [5, 5.41) is 36.3. The Labute approximate surface area is 346 Å². The van der Waals surface area contributed by atoms with Gasteiger partial charge in [-0.25, -0.2) is 0 Å². The van der Waals surface area contributed by atoms with Gasteiger partial charge in [0.2, 0.25) is 23.6 Å². The molecule has 0 aromatic carbocycles. The van der Waals surface area contributed by atoms with Crippen molar-refractivity contribution in [3.05, 3.63) is 58.7 Å². The van der Waals surface area contributed by atoms with E-state index in [1.165, 1.54) is 44.4 Å². The monoisotopic (exact) mass is 831 g/mol. The summed E-state index contributed by atoms with van der Waals surface area (Å²) in [5.74, 6) is -4.68. The van der Waals surface area contributed by atoms with E-state index in [1.807, 2.05) is 19.1 Å². The predicted molar refractivity (Wildman–Crippen MR) is 219 cm³/mol. The van der Waals surface area contributed by atoms with Crippen molar-refractivity contribution in [3.63, 3.8) is 0 Å². The van der Waals surface area contributed by atoms with Crippen LogP contribution in [0.1, 0.15) is 93.9 Å². The molecule has 17 nitrogen and oxygen atoms in total. The zero-order valence-electron chi connectivity index (χ0n) is 35.6. The Morgan fingerprint density at radius 3 is 2.32 bits per heavy atom. The molecule has 0 saturated carbocycles. The molecule has 1 heterocycles. The number of hydrogen-bond donors (Lipinski definition) is 7. The quantitative estimate of drug-likeness (QED) is 0.0495. The topological polar surface area (TPSA) is 270 Å². The number of aliphatic hydroxyl groups excluding tert-OH is 2. The molecule has 9 N–H and O–H groups in total. The van der Waals surface area contributed by atoms with Crippen LogP contribution in [0.5, 0.6) is 0 Å². The molecule has 0 bridgehead atoms. The molecule has 1 fully saturated rings. The number of nitrogens with one attached hydrogen (secondary N) is 2. The van der Waals surface area contributed by atoms with Crippen molar-refractivity contribution >= 4 is 35.6 Å². The lowest BCUT2D eigenvalue weighted by molar-refractivity contribution is -0.269. The first-order valence-corrected chi connectivity index (χ1v) is 19.9. The number of nitrogens with zero attached hydrogens (tertiary/aromatic N) is 1. The Hall–Kier alpha value is -4.68. The summed E-state index contributed by atoms with van der Waals surface area (Å²) < 4.78 is 16.8. The van der Waals surface area contributed by atoms with Crippen molar-refractivity contribution in [2.24, 2.45) is 16.9 Å². The van der Waals surface area contributed by atoms with Gasteiger partial charge in [-0.3, -0.25) is 28.8 Å². The van der Waals surface area contributed by atoms with E-state index in [0.717, 1.165) is 23.3 Å². The highest BCUT2D eigenvalue weighted by Gasteiger charge is 2.47. The van der Waals surface area contributed by atoms with Crippen LogP contribution in [-0.2, 0) is 43.0 Å². The summed E-state index contributed by atoms with van der Waals surface area (Å²) in [4.78, 5) is 74.6. The van der Waals surface area contributed by atoms with Gasteiger partial charge in [-0.15, -0.1) is 0 Å². The standard InChI is InChI=1S/C42H65N5O12/c1-24(14-15-30-26(3)13-10-19-42(30,7)8)11-9-12-25(2)21-33(49)45-20-18-35(52)57-23-32-37(53)38(36(41(56)59-32)46-29(6)48)58-27(4)22-47(40(55)28(5)43)31(39(44)54)16-17-34(50)51/h9,11-12,14-15,21,27-28,31-32,36-38,41,53,56H,10,13,16-20,22-23,43H2,1-8H3,(H2,44,54)(H,45,49)(H,46,48)(H,50,51)/t27?,28-,31+,32+,36+,37+,38+,41-/m0/s1. The molecule has 1 saturated heterocycles. The lowest BCUT2D eigenvalue weighted by Crippen LogP contribution is -2.65. The Morgan fingerprint density at radius 2 is 1.73 bits per heavy atom. The van der Waals surface area contributed by atoms with E-state index in [0.29, 0.717) is 5.57 Å². The maximum atomic E-state index is 13.0.